The van der Waals surface area contributed by atoms with Crippen molar-refractivity contribution >= 4 is 46.5 Å². The normalized spacial score (nSPS) is 12.7. The van der Waals surface area contributed by atoms with E-state index in [9.17, 15) is 19.5 Å². The summed E-state index contributed by atoms with van der Waals surface area (Å²) in [6.45, 7) is 2.18. The number of anilines is 3. The molecular weight excluding hydrogens is 480 g/mol. The number of rotatable bonds is 9. The summed E-state index contributed by atoms with van der Waals surface area (Å²) in [4.78, 5) is 53.1. The summed E-state index contributed by atoms with van der Waals surface area (Å²) in [5.74, 6) is -2.90. The van der Waals surface area contributed by atoms with Gasteiger partial charge in [-0.25, -0.2) is 14.8 Å². The van der Waals surface area contributed by atoms with Crippen LogP contribution in [0.2, 0.25) is 0 Å². The zero-order valence-electron chi connectivity index (χ0n) is 20.6. The molecule has 2 aromatic heterocycles. The van der Waals surface area contributed by atoms with Crippen molar-refractivity contribution in [1.29, 1.82) is 0 Å². The van der Waals surface area contributed by atoms with Gasteiger partial charge in [-0.1, -0.05) is 19.3 Å². The number of nitrogens with one attached hydrogen (secondary N) is 1. The number of amides is 1. The fourth-order valence-electron chi connectivity index (χ4n) is 3.38. The third-order valence-corrected chi connectivity index (χ3v) is 5.37. The van der Waals surface area contributed by atoms with Gasteiger partial charge in [0.05, 0.1) is 18.4 Å². The molecule has 13 nitrogen and oxygen atoms in total. The minimum absolute atomic E-state index is 0.0143. The number of hydrogen-bond donors (Lipinski definition) is 5. The van der Waals surface area contributed by atoms with E-state index in [1.807, 2.05) is 18.9 Å². The van der Waals surface area contributed by atoms with Crippen LogP contribution in [0.5, 0.6) is 0 Å². The molecule has 2 heterocycles. The maximum Gasteiger partial charge on any atom is 0.326 e. The number of aliphatic carboxylic acids is 2. The van der Waals surface area contributed by atoms with Crippen LogP contribution >= 0.6 is 0 Å². The Morgan fingerprint density at radius 3 is 2.41 bits per heavy atom. The number of nitrogens with two attached hydrogens (primary N) is 2. The van der Waals surface area contributed by atoms with Crippen LogP contribution in [0.3, 0.4) is 0 Å². The molecule has 1 fully saturated rings. The molecular formula is C24H30N8O5. The summed E-state index contributed by atoms with van der Waals surface area (Å²) in [5.41, 5.74) is 14.5. The predicted molar refractivity (Wildman–Crippen MR) is 137 cm³/mol. The molecule has 0 radical (unpaired) electrons. The van der Waals surface area contributed by atoms with Gasteiger partial charge in [0.2, 0.25) is 5.95 Å². The predicted octanol–water partition coefficient (Wildman–Crippen LogP) is 1.75. The van der Waals surface area contributed by atoms with E-state index in [4.69, 9.17) is 16.6 Å². The summed E-state index contributed by atoms with van der Waals surface area (Å²) in [6, 6.07) is 3.61. The molecule has 4 rings (SSSR count). The molecule has 1 saturated carbocycles. The van der Waals surface area contributed by atoms with Gasteiger partial charge >= 0.3 is 11.9 Å². The SMILES string of the molecule is C1CC1.Cc1cc(C(=O)NC(CCC(=O)O)C(=O)O)ccc1N(C)Cc1cnc2nc(N)nc(N)c2n1. The standard InChI is InChI=1S/C21H24N8O5.C3H6/c1-10-7-11(19(32)26-13(20(33)34)4-6-15(30)31)3-5-14(10)29(2)9-12-8-24-18-16(25-12)17(22)27-21(23)28-18;1-2-3-1/h3,5,7-8,13H,4,6,9H2,1-2H3,(H,26,32)(H,30,31)(H,33,34)(H4,22,23,24,27,28);1-3H2. The minimum Gasteiger partial charge on any atom is -0.481 e. The van der Waals surface area contributed by atoms with E-state index >= 15 is 0 Å². The molecule has 1 aliphatic rings. The van der Waals surface area contributed by atoms with Crippen LogP contribution in [0.15, 0.2) is 24.4 Å². The Morgan fingerprint density at radius 1 is 1.11 bits per heavy atom. The third-order valence-electron chi connectivity index (χ3n) is 5.37. The lowest BCUT2D eigenvalue weighted by Crippen LogP contribution is -2.41. The van der Waals surface area contributed by atoms with Crippen LogP contribution in [-0.4, -0.2) is 61.1 Å². The van der Waals surface area contributed by atoms with Crippen molar-refractivity contribution in [1.82, 2.24) is 25.3 Å². The van der Waals surface area contributed by atoms with Crippen molar-refractivity contribution in [3.8, 4) is 0 Å². The number of carboxylic acids is 2. The number of carbonyl (C=O) groups excluding carboxylic acids is 1. The highest BCUT2D eigenvalue weighted by atomic mass is 16.4. The van der Waals surface area contributed by atoms with Gasteiger partial charge < -0.3 is 31.9 Å². The molecule has 37 heavy (non-hydrogen) atoms. The topological polar surface area (TPSA) is 211 Å². The van der Waals surface area contributed by atoms with E-state index < -0.39 is 23.9 Å². The van der Waals surface area contributed by atoms with Crippen molar-refractivity contribution in [3.05, 3.63) is 41.2 Å². The second kappa shape index (κ2) is 11.9. The second-order valence-electron chi connectivity index (χ2n) is 8.72. The largest absolute Gasteiger partial charge is 0.481 e. The number of carbonyl (C=O) groups is 3. The smallest absolute Gasteiger partial charge is 0.326 e. The highest BCUT2D eigenvalue weighted by Gasteiger charge is 2.22. The van der Waals surface area contributed by atoms with Gasteiger partial charge in [0.25, 0.3) is 5.91 Å². The van der Waals surface area contributed by atoms with Crippen molar-refractivity contribution < 1.29 is 24.6 Å². The van der Waals surface area contributed by atoms with Crippen LogP contribution in [0.1, 0.15) is 53.7 Å². The van der Waals surface area contributed by atoms with Crippen molar-refractivity contribution in [2.75, 3.05) is 23.4 Å². The Balaban J connectivity index is 0.00000118. The van der Waals surface area contributed by atoms with Crippen LogP contribution in [0.25, 0.3) is 11.2 Å². The van der Waals surface area contributed by atoms with E-state index in [0.717, 1.165) is 11.3 Å². The minimum atomic E-state index is -1.30. The fourth-order valence-corrected chi connectivity index (χ4v) is 3.38. The molecule has 0 saturated heterocycles. The fraction of sp³-hybridized carbons (Fsp3) is 0.375. The highest BCUT2D eigenvalue weighted by molar-refractivity contribution is 5.97. The van der Waals surface area contributed by atoms with Gasteiger partial charge in [-0.3, -0.25) is 9.59 Å². The molecule has 3 aromatic rings. The van der Waals surface area contributed by atoms with E-state index in [2.05, 4.69) is 25.3 Å². The maximum absolute atomic E-state index is 12.5. The molecule has 1 aromatic carbocycles. The van der Waals surface area contributed by atoms with Gasteiger partial charge in [-0.05, 0) is 37.1 Å². The van der Waals surface area contributed by atoms with Gasteiger partial charge in [0, 0.05) is 24.7 Å². The monoisotopic (exact) mass is 510 g/mol. The lowest BCUT2D eigenvalue weighted by atomic mass is 10.1. The number of fused-ring (bicyclic) bond motifs is 1. The first kappa shape index (κ1) is 27.0. The Hall–Kier alpha value is -4.55. The third kappa shape index (κ3) is 7.72. The molecule has 1 aliphatic carbocycles. The van der Waals surface area contributed by atoms with Gasteiger partial charge in [0.15, 0.2) is 17.0 Å². The molecule has 1 unspecified atom stereocenters. The first-order valence-electron chi connectivity index (χ1n) is 11.7. The number of benzene rings is 1. The lowest BCUT2D eigenvalue weighted by Gasteiger charge is -2.22. The van der Waals surface area contributed by atoms with Gasteiger partial charge in [-0.15, -0.1) is 0 Å². The van der Waals surface area contributed by atoms with E-state index in [1.165, 1.54) is 19.3 Å². The van der Waals surface area contributed by atoms with E-state index in [1.54, 1.807) is 24.4 Å². The molecule has 7 N–H and O–H groups in total. The quantitative estimate of drug-likeness (QED) is 0.279. The van der Waals surface area contributed by atoms with Crippen molar-refractivity contribution in [2.45, 2.75) is 51.6 Å². The zero-order valence-corrected chi connectivity index (χ0v) is 20.6. The Kier molecular flexibility index (Phi) is 8.72. The van der Waals surface area contributed by atoms with Gasteiger partial charge in [0.1, 0.15) is 6.04 Å². The Morgan fingerprint density at radius 2 is 1.81 bits per heavy atom. The van der Waals surface area contributed by atoms with Crippen LogP contribution in [0, 0.1) is 6.92 Å². The average Bonchev–Trinajstić information content (AvgIpc) is 3.71. The van der Waals surface area contributed by atoms with Crippen LogP contribution < -0.4 is 21.7 Å². The first-order valence-corrected chi connectivity index (χ1v) is 11.7. The molecule has 0 aliphatic heterocycles. The number of nitrogen functional groups attached to an aromatic ring is 2. The number of nitrogens with zero attached hydrogens (tertiary/aromatic N) is 5. The summed E-state index contributed by atoms with van der Waals surface area (Å²) >= 11 is 0. The van der Waals surface area contributed by atoms with Crippen molar-refractivity contribution in [3.63, 3.8) is 0 Å². The van der Waals surface area contributed by atoms with Gasteiger partial charge in [-0.2, -0.15) is 9.97 Å². The number of aryl methyl sites for hydroxylation is 1. The van der Waals surface area contributed by atoms with Crippen LogP contribution in [-0.2, 0) is 16.1 Å². The maximum atomic E-state index is 12.5. The average molecular weight is 511 g/mol. The molecule has 13 heteroatoms. The van der Waals surface area contributed by atoms with Crippen molar-refractivity contribution in [2.24, 2.45) is 0 Å². The summed E-state index contributed by atoms with van der Waals surface area (Å²) in [5, 5.41) is 20.4. The first-order chi connectivity index (χ1) is 17.5. The molecule has 0 bridgehead atoms. The summed E-state index contributed by atoms with van der Waals surface area (Å²) in [7, 11) is 1.84. The van der Waals surface area contributed by atoms with E-state index in [0.29, 0.717) is 23.4 Å². The Labute approximate surface area is 212 Å². The number of hydrogen-bond acceptors (Lipinski definition) is 10. The second-order valence-corrected chi connectivity index (χ2v) is 8.72. The highest BCUT2D eigenvalue weighted by Crippen LogP contribution is 2.23. The number of aromatic nitrogens is 4. The molecule has 1 atom stereocenters. The Bertz CT molecular complexity index is 1310. The summed E-state index contributed by atoms with van der Waals surface area (Å²) < 4.78 is 0. The zero-order chi connectivity index (χ0) is 27.1. The number of carboxylic acid groups (broad SMARTS) is 2. The van der Waals surface area contributed by atoms with E-state index in [-0.39, 0.29) is 30.2 Å². The molecule has 196 valence electrons. The lowest BCUT2D eigenvalue weighted by molar-refractivity contribution is -0.140. The summed E-state index contributed by atoms with van der Waals surface area (Å²) in [6.07, 6.45) is 5.47. The van der Waals surface area contributed by atoms with Crippen LogP contribution in [0.4, 0.5) is 17.5 Å². The molecule has 1 amide bonds. The molecule has 0 spiro atoms.